The van der Waals surface area contributed by atoms with Crippen LogP contribution in [0.5, 0.6) is 11.5 Å². The quantitative estimate of drug-likeness (QED) is 0.844. The lowest BCUT2D eigenvalue weighted by Gasteiger charge is -2.11. The molecular weight excluding hydrogens is 302 g/mol. The van der Waals surface area contributed by atoms with Gasteiger partial charge < -0.3 is 14.8 Å². The van der Waals surface area contributed by atoms with Gasteiger partial charge in [-0.15, -0.1) is 0 Å². The number of amides is 1. The molecule has 0 bridgehead atoms. The highest BCUT2D eigenvalue weighted by molar-refractivity contribution is 5.77. The Bertz CT molecular complexity index is 705. The number of rotatable bonds is 7. The number of carbonyl (C=O) groups is 1. The molecule has 126 valence electrons. The van der Waals surface area contributed by atoms with E-state index in [4.69, 9.17) is 9.47 Å². The van der Waals surface area contributed by atoms with Gasteiger partial charge in [0.05, 0.1) is 7.11 Å². The minimum absolute atomic E-state index is 0.0504. The van der Waals surface area contributed by atoms with E-state index >= 15 is 0 Å². The number of aryl methyl sites for hydroxylation is 1. The summed E-state index contributed by atoms with van der Waals surface area (Å²) in [4.78, 5) is 11.9. The molecule has 0 spiro atoms. The third kappa shape index (κ3) is 5.16. The van der Waals surface area contributed by atoms with Gasteiger partial charge in [0.1, 0.15) is 0 Å². The van der Waals surface area contributed by atoms with Crippen molar-refractivity contribution < 1.29 is 14.3 Å². The van der Waals surface area contributed by atoms with Crippen LogP contribution >= 0.6 is 0 Å². The number of hydrogen-bond donors (Lipinski definition) is 1. The van der Waals surface area contributed by atoms with Crippen molar-refractivity contribution in [3.63, 3.8) is 0 Å². The predicted octanol–water partition coefficient (Wildman–Crippen LogP) is 3.73. The fourth-order valence-electron chi connectivity index (χ4n) is 2.20. The number of carbonyl (C=O) groups excluding carboxylic acids is 1. The highest BCUT2D eigenvalue weighted by Crippen LogP contribution is 2.28. The van der Waals surface area contributed by atoms with Gasteiger partial charge in [-0.1, -0.05) is 48.0 Å². The molecule has 0 aliphatic carbocycles. The Morgan fingerprint density at radius 2 is 1.88 bits per heavy atom. The number of benzene rings is 2. The van der Waals surface area contributed by atoms with Gasteiger partial charge in [-0.25, -0.2) is 0 Å². The first-order valence-corrected chi connectivity index (χ1v) is 7.88. The Morgan fingerprint density at radius 1 is 1.12 bits per heavy atom. The smallest absolute Gasteiger partial charge is 0.258 e. The van der Waals surface area contributed by atoms with Crippen LogP contribution in [0.25, 0.3) is 6.08 Å². The molecule has 1 amide bonds. The summed E-state index contributed by atoms with van der Waals surface area (Å²) in [7, 11) is 1.58. The molecule has 0 unspecified atom stereocenters. The predicted molar refractivity (Wildman–Crippen MR) is 96.2 cm³/mol. The summed E-state index contributed by atoms with van der Waals surface area (Å²) < 4.78 is 10.9. The molecule has 0 saturated carbocycles. The second kappa shape index (κ2) is 8.77. The number of ether oxygens (including phenoxy) is 2. The van der Waals surface area contributed by atoms with Crippen molar-refractivity contribution in [3.05, 3.63) is 65.2 Å². The molecule has 1 N–H and O–H groups in total. The van der Waals surface area contributed by atoms with Crippen LogP contribution in [0, 0.1) is 6.92 Å². The molecule has 4 nitrogen and oxygen atoms in total. The van der Waals surface area contributed by atoms with Crippen LogP contribution in [0.1, 0.15) is 23.6 Å². The molecule has 0 aliphatic heterocycles. The average Bonchev–Trinajstić information content (AvgIpc) is 2.60. The van der Waals surface area contributed by atoms with Crippen molar-refractivity contribution in [2.45, 2.75) is 20.4 Å². The monoisotopic (exact) mass is 325 g/mol. The van der Waals surface area contributed by atoms with E-state index in [0.29, 0.717) is 18.0 Å². The fraction of sp³-hybridized carbons (Fsp3) is 0.250. The Hall–Kier alpha value is -2.75. The van der Waals surface area contributed by atoms with E-state index < -0.39 is 0 Å². The van der Waals surface area contributed by atoms with E-state index in [0.717, 1.165) is 11.1 Å². The topological polar surface area (TPSA) is 47.6 Å². The number of allylic oxidation sites excluding steroid dienone is 1. The zero-order chi connectivity index (χ0) is 17.4. The van der Waals surface area contributed by atoms with Crippen molar-refractivity contribution >= 4 is 12.0 Å². The molecule has 2 aromatic rings. The van der Waals surface area contributed by atoms with Gasteiger partial charge in [0.25, 0.3) is 5.91 Å². The summed E-state index contributed by atoms with van der Waals surface area (Å²) in [5, 5.41) is 2.84. The Balaban J connectivity index is 1.88. The number of methoxy groups -OCH3 is 1. The molecular formula is C20H23NO3. The van der Waals surface area contributed by atoms with Crippen LogP contribution in [0.2, 0.25) is 0 Å². The van der Waals surface area contributed by atoms with Gasteiger partial charge in [0.2, 0.25) is 0 Å². The minimum atomic E-state index is -0.171. The van der Waals surface area contributed by atoms with Crippen LogP contribution in [-0.2, 0) is 11.3 Å². The van der Waals surface area contributed by atoms with Crippen molar-refractivity contribution in [3.8, 4) is 11.5 Å². The van der Waals surface area contributed by atoms with E-state index in [1.807, 2.05) is 62.4 Å². The van der Waals surface area contributed by atoms with E-state index in [1.54, 1.807) is 13.2 Å². The molecule has 2 rings (SSSR count). The van der Waals surface area contributed by atoms with Gasteiger partial charge in [0, 0.05) is 6.54 Å². The number of hydrogen-bond acceptors (Lipinski definition) is 3. The highest BCUT2D eigenvalue weighted by Gasteiger charge is 2.08. The summed E-state index contributed by atoms with van der Waals surface area (Å²) in [6.45, 7) is 4.42. The molecule has 0 saturated heterocycles. The first kappa shape index (κ1) is 17.6. The first-order valence-electron chi connectivity index (χ1n) is 7.88. The van der Waals surface area contributed by atoms with E-state index in [2.05, 4.69) is 5.32 Å². The van der Waals surface area contributed by atoms with Crippen LogP contribution in [-0.4, -0.2) is 19.6 Å². The Labute approximate surface area is 143 Å². The van der Waals surface area contributed by atoms with Crippen molar-refractivity contribution in [1.82, 2.24) is 5.32 Å². The van der Waals surface area contributed by atoms with Crippen molar-refractivity contribution in [2.24, 2.45) is 0 Å². The zero-order valence-electron chi connectivity index (χ0n) is 14.3. The molecule has 0 heterocycles. The maximum Gasteiger partial charge on any atom is 0.258 e. The third-order valence-corrected chi connectivity index (χ3v) is 3.52. The van der Waals surface area contributed by atoms with Crippen LogP contribution in [0.3, 0.4) is 0 Å². The lowest BCUT2D eigenvalue weighted by Crippen LogP contribution is -2.28. The Kier molecular flexibility index (Phi) is 6.43. The molecule has 4 heteroatoms. The summed E-state index contributed by atoms with van der Waals surface area (Å²) in [6.07, 6.45) is 3.93. The summed E-state index contributed by atoms with van der Waals surface area (Å²) in [6, 6.07) is 13.6. The van der Waals surface area contributed by atoms with Gasteiger partial charge in [0.15, 0.2) is 18.1 Å². The Morgan fingerprint density at radius 3 is 2.54 bits per heavy atom. The molecule has 0 atom stereocenters. The van der Waals surface area contributed by atoms with E-state index in [9.17, 15) is 4.79 Å². The lowest BCUT2D eigenvalue weighted by molar-refractivity contribution is -0.123. The molecule has 0 fully saturated rings. The van der Waals surface area contributed by atoms with Crippen LogP contribution in [0.4, 0.5) is 0 Å². The zero-order valence-corrected chi connectivity index (χ0v) is 14.3. The fourth-order valence-corrected chi connectivity index (χ4v) is 2.20. The molecule has 24 heavy (non-hydrogen) atoms. The second-order valence-electron chi connectivity index (χ2n) is 5.46. The maximum atomic E-state index is 11.9. The second-order valence-corrected chi connectivity index (χ2v) is 5.46. The summed E-state index contributed by atoms with van der Waals surface area (Å²) in [5.74, 6) is 0.989. The van der Waals surface area contributed by atoms with Crippen molar-refractivity contribution in [2.75, 3.05) is 13.7 Å². The standard InChI is InChI=1S/C20H23NO3/c1-4-5-16-10-11-18(19(12-16)23-3)24-14-20(22)21-13-17-8-6-15(2)7-9-17/h4-12H,13-14H2,1-3H3,(H,21,22). The molecule has 0 radical (unpaired) electrons. The van der Waals surface area contributed by atoms with E-state index in [1.165, 1.54) is 5.56 Å². The first-order chi connectivity index (χ1) is 11.6. The summed E-state index contributed by atoms with van der Waals surface area (Å²) >= 11 is 0. The lowest BCUT2D eigenvalue weighted by atomic mass is 10.1. The van der Waals surface area contributed by atoms with Gasteiger partial charge in [-0.2, -0.15) is 0 Å². The molecule has 0 aliphatic rings. The van der Waals surface area contributed by atoms with Crippen LogP contribution in [0.15, 0.2) is 48.5 Å². The van der Waals surface area contributed by atoms with Crippen molar-refractivity contribution in [1.29, 1.82) is 0 Å². The largest absolute Gasteiger partial charge is 0.493 e. The van der Waals surface area contributed by atoms with Gasteiger partial charge in [-0.05, 0) is 37.1 Å². The molecule has 0 aromatic heterocycles. The summed E-state index contributed by atoms with van der Waals surface area (Å²) in [5.41, 5.74) is 3.27. The average molecular weight is 325 g/mol. The minimum Gasteiger partial charge on any atom is -0.493 e. The highest BCUT2D eigenvalue weighted by atomic mass is 16.5. The normalized spacial score (nSPS) is 10.6. The van der Waals surface area contributed by atoms with Crippen LogP contribution < -0.4 is 14.8 Å². The van der Waals surface area contributed by atoms with E-state index in [-0.39, 0.29) is 12.5 Å². The molecule has 2 aromatic carbocycles. The third-order valence-electron chi connectivity index (χ3n) is 3.52. The SMILES string of the molecule is CC=Cc1ccc(OCC(=O)NCc2ccc(C)cc2)c(OC)c1. The van der Waals surface area contributed by atoms with Gasteiger partial charge >= 0.3 is 0 Å². The maximum absolute atomic E-state index is 11.9. The number of nitrogens with one attached hydrogen (secondary N) is 1. The van der Waals surface area contributed by atoms with Gasteiger partial charge in [-0.3, -0.25) is 4.79 Å².